The number of rotatable bonds is 2. The number of nitrogens with two attached hydrogens (primary N) is 2. The van der Waals surface area contributed by atoms with Crippen LogP contribution in [0.1, 0.15) is 16.7 Å². The highest BCUT2D eigenvalue weighted by Crippen LogP contribution is 2.20. The summed E-state index contributed by atoms with van der Waals surface area (Å²) in [4.78, 5) is -0.0851. The number of nitrogen functional groups attached to an aromatic ring is 2. The Hall–Kier alpha value is -1.84. The standard InChI is InChI=1S/C9H12O3S.C6H8BrN3O/c1-6-4-7(2)9(8(3)5-6)13(10,11)12;1-11-5-3-2-4(7)6(8)10(5)9/h4-5H,1-3H3,(H,10,11,12);2-3,8H,9H2,1H3. The zero-order valence-corrected chi connectivity index (χ0v) is 16.2. The number of nitrogens with zero attached hydrogens (tertiary/aromatic N) is 1. The fourth-order valence-corrected chi connectivity index (χ4v) is 3.50. The maximum absolute atomic E-state index is 10.8. The maximum Gasteiger partial charge on any atom is 0.313 e. The smallest absolute Gasteiger partial charge is 0.313 e. The van der Waals surface area contributed by atoms with Crippen LogP contribution in [0.3, 0.4) is 0 Å². The number of pyridine rings is 1. The molecule has 0 aliphatic carbocycles. The van der Waals surface area contributed by atoms with Gasteiger partial charge >= 0.3 is 11.7 Å². The average molecular weight is 418 g/mol. The molecule has 2 aromatic rings. The fourth-order valence-electron chi connectivity index (χ4n) is 2.27. The number of aromatic nitrogens is 1. The Morgan fingerprint density at radius 1 is 1.17 bits per heavy atom. The monoisotopic (exact) mass is 417 g/mol. The molecule has 1 aromatic heterocycles. The summed E-state index contributed by atoms with van der Waals surface area (Å²) in [6, 6.07) is 6.88. The van der Waals surface area contributed by atoms with Crippen LogP contribution in [0.2, 0.25) is 0 Å². The summed E-state index contributed by atoms with van der Waals surface area (Å²) in [5, 5.41) is 0. The molecular formula is C15H20BrN3O4S. The number of methoxy groups -OCH3 is 1. The highest BCUT2D eigenvalue weighted by molar-refractivity contribution is 9.10. The zero-order valence-electron chi connectivity index (χ0n) is 13.8. The molecule has 9 heteroatoms. The number of anilines is 1. The molecule has 7 nitrogen and oxygen atoms in total. The van der Waals surface area contributed by atoms with Gasteiger partial charge in [-0.2, -0.15) is 0 Å². The van der Waals surface area contributed by atoms with E-state index < -0.39 is 10.1 Å². The Morgan fingerprint density at radius 3 is 2.08 bits per heavy atom. The first kappa shape index (κ1) is 20.2. The normalized spacial score (nSPS) is 10.8. The van der Waals surface area contributed by atoms with Gasteiger partial charge in [0.2, 0.25) is 0 Å². The molecule has 0 aliphatic heterocycles. The molecule has 0 radical (unpaired) electrons. The van der Waals surface area contributed by atoms with E-state index in [1.165, 1.54) is 11.8 Å². The Morgan fingerprint density at radius 2 is 1.67 bits per heavy atom. The Balaban J connectivity index is 0.000000243. The third-order valence-corrected chi connectivity index (χ3v) is 4.99. The lowest BCUT2D eigenvalue weighted by atomic mass is 10.1. The van der Waals surface area contributed by atoms with E-state index in [-0.39, 0.29) is 4.90 Å². The van der Waals surface area contributed by atoms with Gasteiger partial charge in [0.15, 0.2) is 0 Å². The van der Waals surface area contributed by atoms with E-state index in [4.69, 9.17) is 16.3 Å². The summed E-state index contributed by atoms with van der Waals surface area (Å²) in [6.45, 7) is 5.12. The number of ether oxygens (including phenoxy) is 1. The van der Waals surface area contributed by atoms with Crippen LogP contribution in [-0.2, 0) is 10.1 Å². The third-order valence-electron chi connectivity index (χ3n) is 3.18. The molecule has 0 saturated carbocycles. The molecule has 0 atom stereocenters. The van der Waals surface area contributed by atoms with Gasteiger partial charge in [0.1, 0.15) is 14.6 Å². The van der Waals surface area contributed by atoms with Gasteiger partial charge in [-0.1, -0.05) is 22.4 Å². The molecule has 1 aromatic carbocycles. The van der Waals surface area contributed by atoms with Gasteiger partial charge in [-0.25, -0.2) is 8.42 Å². The lowest BCUT2D eigenvalue weighted by Gasteiger charge is -2.14. The van der Waals surface area contributed by atoms with Gasteiger partial charge in [0, 0.05) is 6.07 Å². The second-order valence-corrected chi connectivity index (χ2v) is 7.33. The van der Waals surface area contributed by atoms with Crippen LogP contribution in [0.15, 0.2) is 33.6 Å². The first-order valence-electron chi connectivity index (χ1n) is 6.81. The topological polar surface area (TPSA) is 122 Å². The number of aryl methyl sites for hydroxylation is 3. The van der Waals surface area contributed by atoms with E-state index >= 15 is 0 Å². The second-order valence-electron chi connectivity index (χ2n) is 5.16. The number of halogens is 1. The fraction of sp³-hybridized carbons (Fsp3) is 0.267. The van der Waals surface area contributed by atoms with Gasteiger partial charge in [-0.3, -0.25) is 11.6 Å². The lowest BCUT2D eigenvalue weighted by Crippen LogP contribution is -2.48. The maximum atomic E-state index is 10.8. The van der Waals surface area contributed by atoms with Crippen molar-refractivity contribution in [1.82, 2.24) is 0 Å². The summed E-state index contributed by atoms with van der Waals surface area (Å²) in [7, 11) is -2.80. The molecule has 2 rings (SSSR count). The van der Waals surface area contributed by atoms with E-state index in [0.29, 0.717) is 22.8 Å². The lowest BCUT2D eigenvalue weighted by molar-refractivity contribution is -0.630. The molecule has 0 unspecified atom stereocenters. The van der Waals surface area contributed by atoms with Gasteiger partial charge in [-0.15, -0.1) is 0 Å². The summed E-state index contributed by atoms with van der Waals surface area (Å²) < 4.78 is 39.4. The van der Waals surface area contributed by atoms with Gasteiger partial charge in [0.05, 0.1) is 12.0 Å². The van der Waals surface area contributed by atoms with Crippen LogP contribution < -0.4 is 21.0 Å². The van der Waals surface area contributed by atoms with Crippen molar-refractivity contribution in [1.29, 1.82) is 0 Å². The van der Waals surface area contributed by atoms with Crippen molar-refractivity contribution in [3.05, 3.63) is 45.4 Å². The van der Waals surface area contributed by atoms with E-state index in [2.05, 4.69) is 15.9 Å². The Bertz CT molecular complexity index is 831. The quantitative estimate of drug-likeness (QED) is 0.434. The first-order valence-corrected chi connectivity index (χ1v) is 9.02. The number of hydrogen-bond acceptors (Lipinski definition) is 6. The van der Waals surface area contributed by atoms with Crippen molar-refractivity contribution in [2.24, 2.45) is 0 Å². The molecule has 24 heavy (non-hydrogen) atoms. The molecule has 4 N–H and O–H groups in total. The van der Waals surface area contributed by atoms with Crippen LogP contribution in [-0.4, -0.2) is 20.1 Å². The number of hydrogen-bond donors (Lipinski definition) is 2. The van der Waals surface area contributed by atoms with Crippen LogP contribution in [0, 0.1) is 20.8 Å². The van der Waals surface area contributed by atoms with Crippen molar-refractivity contribution < 1.29 is 22.4 Å². The summed E-state index contributed by atoms with van der Waals surface area (Å²) in [5.74, 6) is 6.48. The minimum absolute atomic E-state index is 0.0851. The zero-order chi connectivity index (χ0) is 18.7. The summed E-state index contributed by atoms with van der Waals surface area (Å²) in [5.41, 5.74) is 7.57. The highest BCUT2D eigenvalue weighted by Gasteiger charge is 2.11. The van der Waals surface area contributed by atoms with Crippen LogP contribution in [0.4, 0.5) is 5.82 Å². The van der Waals surface area contributed by atoms with E-state index in [1.807, 2.05) is 6.92 Å². The summed E-state index contributed by atoms with van der Waals surface area (Å²) >= 11 is 3.23. The van der Waals surface area contributed by atoms with Crippen molar-refractivity contribution in [3.8, 4) is 5.88 Å². The minimum Gasteiger partial charge on any atom is -0.744 e. The number of benzene rings is 1. The third kappa shape index (κ3) is 4.83. The molecule has 0 fully saturated rings. The van der Waals surface area contributed by atoms with Crippen molar-refractivity contribution in [2.45, 2.75) is 25.7 Å². The van der Waals surface area contributed by atoms with Crippen LogP contribution in [0.5, 0.6) is 5.88 Å². The second kappa shape index (κ2) is 7.82. The van der Waals surface area contributed by atoms with Crippen molar-refractivity contribution in [2.75, 3.05) is 18.7 Å². The van der Waals surface area contributed by atoms with E-state index in [1.54, 1.807) is 38.1 Å². The molecule has 0 saturated heterocycles. The predicted molar refractivity (Wildman–Crippen MR) is 94.1 cm³/mol. The average Bonchev–Trinajstić information content (AvgIpc) is 2.43. The molecule has 0 amide bonds. The van der Waals surface area contributed by atoms with Gasteiger partial charge < -0.3 is 9.29 Å². The summed E-state index contributed by atoms with van der Waals surface area (Å²) in [6.07, 6.45) is 0. The van der Waals surface area contributed by atoms with E-state index in [0.717, 1.165) is 10.0 Å². The molecule has 0 spiro atoms. The predicted octanol–water partition coefficient (Wildman–Crippen LogP) is 1.56. The SMILES string of the molecule is COc1ccc(Br)c(N)[n+]1N.Cc1cc(C)c(S(=O)(=O)[O-])c(C)c1. The van der Waals surface area contributed by atoms with E-state index in [9.17, 15) is 13.0 Å². The van der Waals surface area contributed by atoms with Crippen molar-refractivity contribution >= 4 is 31.9 Å². The van der Waals surface area contributed by atoms with Crippen molar-refractivity contribution in [3.63, 3.8) is 0 Å². The Labute approximate surface area is 150 Å². The van der Waals surface area contributed by atoms with Crippen LogP contribution >= 0.6 is 15.9 Å². The molecule has 0 bridgehead atoms. The molecule has 132 valence electrons. The first-order chi connectivity index (χ1) is 11.0. The minimum atomic E-state index is -4.33. The van der Waals surface area contributed by atoms with Crippen LogP contribution in [0.25, 0.3) is 0 Å². The molecular weight excluding hydrogens is 398 g/mol. The Kier molecular flexibility index (Phi) is 6.58. The molecule has 0 aliphatic rings. The van der Waals surface area contributed by atoms with Gasteiger partial charge in [-0.05, 0) is 53.9 Å². The van der Waals surface area contributed by atoms with Gasteiger partial charge in [0.25, 0.3) is 0 Å². The molecule has 1 heterocycles. The largest absolute Gasteiger partial charge is 0.744 e. The highest BCUT2D eigenvalue weighted by atomic mass is 79.9.